The van der Waals surface area contributed by atoms with E-state index in [1.54, 1.807) is 0 Å². The second-order valence-electron chi connectivity index (χ2n) is 6.22. The lowest BCUT2D eigenvalue weighted by atomic mass is 10.0. The largest absolute Gasteiger partial charge is 0.347 e. The zero-order valence-electron chi connectivity index (χ0n) is 13.2. The number of aromatic nitrogens is 1. The SMILES string of the molecule is CN(C)Cc1cnc2c(c1)N(C)C=CN2C1CCNCC1. The van der Waals surface area contributed by atoms with Crippen LogP contribution in [0.25, 0.3) is 0 Å². The van der Waals surface area contributed by atoms with Crippen LogP contribution in [-0.4, -0.2) is 50.2 Å². The molecule has 0 spiro atoms. The van der Waals surface area contributed by atoms with Crippen molar-refractivity contribution in [1.82, 2.24) is 15.2 Å². The smallest absolute Gasteiger partial charge is 0.156 e. The minimum atomic E-state index is 0.558. The van der Waals surface area contributed by atoms with Gasteiger partial charge < -0.3 is 20.0 Å². The van der Waals surface area contributed by atoms with Crippen LogP contribution < -0.4 is 15.1 Å². The molecule has 0 amide bonds. The number of anilines is 2. The molecule has 0 radical (unpaired) electrons. The molecule has 114 valence electrons. The summed E-state index contributed by atoms with van der Waals surface area (Å²) in [6, 6.07) is 2.82. The molecule has 1 saturated heterocycles. The Kier molecular flexibility index (Phi) is 4.12. The third-order valence-corrected chi connectivity index (χ3v) is 4.18. The minimum absolute atomic E-state index is 0.558. The molecule has 1 aromatic heterocycles. The van der Waals surface area contributed by atoms with Crippen molar-refractivity contribution in [1.29, 1.82) is 0 Å². The molecule has 3 rings (SSSR count). The van der Waals surface area contributed by atoms with Gasteiger partial charge in [0.1, 0.15) is 0 Å². The molecule has 1 fully saturated rings. The van der Waals surface area contributed by atoms with Crippen molar-refractivity contribution in [2.75, 3.05) is 44.0 Å². The second-order valence-corrected chi connectivity index (χ2v) is 6.22. The highest BCUT2D eigenvalue weighted by Gasteiger charge is 2.26. The standard InChI is InChI=1S/C16H25N5/c1-19(2)12-13-10-15-16(18-11-13)21(9-8-20(15)3)14-4-6-17-7-5-14/h8-11,14,17H,4-7,12H2,1-3H3. The predicted molar refractivity (Wildman–Crippen MR) is 87.5 cm³/mol. The van der Waals surface area contributed by atoms with Gasteiger partial charge in [-0.2, -0.15) is 0 Å². The van der Waals surface area contributed by atoms with E-state index < -0.39 is 0 Å². The number of hydrogen-bond donors (Lipinski definition) is 1. The minimum Gasteiger partial charge on any atom is -0.347 e. The Hall–Kier alpha value is -1.59. The highest BCUT2D eigenvalue weighted by atomic mass is 15.3. The van der Waals surface area contributed by atoms with Crippen LogP contribution in [0.5, 0.6) is 0 Å². The Morgan fingerprint density at radius 1 is 1.29 bits per heavy atom. The first-order valence-corrected chi connectivity index (χ1v) is 7.69. The summed E-state index contributed by atoms with van der Waals surface area (Å²) in [5, 5.41) is 3.43. The van der Waals surface area contributed by atoms with Gasteiger partial charge in [0, 0.05) is 38.2 Å². The van der Waals surface area contributed by atoms with E-state index in [1.807, 2.05) is 6.20 Å². The lowest BCUT2D eigenvalue weighted by Gasteiger charge is -2.38. The molecule has 5 heteroatoms. The van der Waals surface area contributed by atoms with Crippen LogP contribution >= 0.6 is 0 Å². The molecule has 2 aliphatic rings. The van der Waals surface area contributed by atoms with E-state index in [-0.39, 0.29) is 0 Å². The van der Waals surface area contributed by atoms with Crippen molar-refractivity contribution < 1.29 is 0 Å². The van der Waals surface area contributed by atoms with Gasteiger partial charge in [-0.3, -0.25) is 0 Å². The van der Waals surface area contributed by atoms with Gasteiger partial charge in [0.05, 0.1) is 5.69 Å². The van der Waals surface area contributed by atoms with Gasteiger partial charge in [0.25, 0.3) is 0 Å². The van der Waals surface area contributed by atoms with Crippen molar-refractivity contribution in [2.45, 2.75) is 25.4 Å². The highest BCUT2D eigenvalue weighted by Crippen LogP contribution is 2.34. The fourth-order valence-electron chi connectivity index (χ4n) is 3.10. The van der Waals surface area contributed by atoms with Crippen LogP contribution in [0.3, 0.4) is 0 Å². The van der Waals surface area contributed by atoms with E-state index in [9.17, 15) is 0 Å². The normalized spacial score (nSPS) is 19.2. The Bertz CT molecular complexity index is 519. The molecule has 3 heterocycles. The van der Waals surface area contributed by atoms with E-state index in [2.05, 4.69) is 59.6 Å². The fraction of sp³-hybridized carbons (Fsp3) is 0.562. The summed E-state index contributed by atoms with van der Waals surface area (Å²) in [4.78, 5) is 11.5. The molecule has 1 aromatic rings. The lowest BCUT2D eigenvalue weighted by Crippen LogP contribution is -2.42. The summed E-state index contributed by atoms with van der Waals surface area (Å²) in [6.45, 7) is 3.11. The number of hydrogen-bond acceptors (Lipinski definition) is 5. The number of fused-ring (bicyclic) bond motifs is 1. The molecule has 0 unspecified atom stereocenters. The maximum absolute atomic E-state index is 4.77. The average Bonchev–Trinajstić information content (AvgIpc) is 2.48. The molecule has 0 aliphatic carbocycles. The zero-order valence-corrected chi connectivity index (χ0v) is 13.2. The average molecular weight is 287 g/mol. The van der Waals surface area contributed by atoms with E-state index in [0.717, 1.165) is 25.5 Å². The lowest BCUT2D eigenvalue weighted by molar-refractivity contribution is 0.402. The maximum Gasteiger partial charge on any atom is 0.156 e. The monoisotopic (exact) mass is 287 g/mol. The molecule has 0 saturated carbocycles. The molecule has 0 aromatic carbocycles. The van der Waals surface area contributed by atoms with Crippen molar-refractivity contribution in [3.8, 4) is 0 Å². The van der Waals surface area contributed by atoms with Gasteiger partial charge in [-0.15, -0.1) is 0 Å². The van der Waals surface area contributed by atoms with E-state index >= 15 is 0 Å². The molecule has 5 nitrogen and oxygen atoms in total. The second kappa shape index (κ2) is 6.03. The molecule has 2 aliphatic heterocycles. The number of rotatable bonds is 3. The van der Waals surface area contributed by atoms with Crippen LogP contribution in [-0.2, 0) is 6.54 Å². The van der Waals surface area contributed by atoms with E-state index in [4.69, 9.17) is 4.98 Å². The van der Waals surface area contributed by atoms with Gasteiger partial charge in [0.15, 0.2) is 5.82 Å². The topological polar surface area (TPSA) is 34.6 Å². The number of nitrogens with one attached hydrogen (secondary N) is 1. The maximum atomic E-state index is 4.77. The summed E-state index contributed by atoms with van der Waals surface area (Å²) < 4.78 is 0. The summed E-state index contributed by atoms with van der Waals surface area (Å²) in [5.41, 5.74) is 2.46. The Morgan fingerprint density at radius 3 is 2.76 bits per heavy atom. The fourth-order valence-corrected chi connectivity index (χ4v) is 3.10. The van der Waals surface area contributed by atoms with Gasteiger partial charge in [-0.05, 0) is 51.7 Å². The van der Waals surface area contributed by atoms with E-state index in [0.29, 0.717) is 6.04 Å². The van der Waals surface area contributed by atoms with Crippen molar-refractivity contribution in [2.24, 2.45) is 0 Å². The third kappa shape index (κ3) is 3.04. The van der Waals surface area contributed by atoms with Crippen LogP contribution in [0.4, 0.5) is 11.5 Å². The van der Waals surface area contributed by atoms with E-state index in [1.165, 1.54) is 24.1 Å². The predicted octanol–water partition coefficient (Wildman–Crippen LogP) is 1.62. The summed E-state index contributed by atoms with van der Waals surface area (Å²) in [7, 11) is 6.27. The zero-order chi connectivity index (χ0) is 14.8. The molecule has 1 N–H and O–H groups in total. The quantitative estimate of drug-likeness (QED) is 0.914. The number of piperidine rings is 1. The third-order valence-electron chi connectivity index (χ3n) is 4.18. The molecular formula is C16H25N5. The molecule has 0 atom stereocenters. The van der Waals surface area contributed by atoms with Gasteiger partial charge in [0.2, 0.25) is 0 Å². The number of nitrogens with zero attached hydrogens (tertiary/aromatic N) is 4. The first-order chi connectivity index (χ1) is 10.1. The van der Waals surface area contributed by atoms with Gasteiger partial charge in [-0.1, -0.05) is 0 Å². The first-order valence-electron chi connectivity index (χ1n) is 7.69. The van der Waals surface area contributed by atoms with Crippen molar-refractivity contribution in [3.63, 3.8) is 0 Å². The first kappa shape index (κ1) is 14.4. The van der Waals surface area contributed by atoms with Crippen molar-refractivity contribution in [3.05, 3.63) is 30.2 Å². The van der Waals surface area contributed by atoms with Crippen LogP contribution in [0.2, 0.25) is 0 Å². The summed E-state index contributed by atoms with van der Waals surface area (Å²) in [5.74, 6) is 1.09. The van der Waals surface area contributed by atoms with Crippen molar-refractivity contribution >= 4 is 11.5 Å². The van der Waals surface area contributed by atoms with Crippen LogP contribution in [0.15, 0.2) is 24.7 Å². The summed E-state index contributed by atoms with van der Waals surface area (Å²) >= 11 is 0. The Balaban J connectivity index is 1.89. The molecular weight excluding hydrogens is 262 g/mol. The summed E-state index contributed by atoms with van der Waals surface area (Å²) in [6.07, 6.45) is 8.69. The van der Waals surface area contributed by atoms with Crippen LogP contribution in [0, 0.1) is 0 Å². The molecule has 0 bridgehead atoms. The Labute approximate surface area is 127 Å². The van der Waals surface area contributed by atoms with Gasteiger partial charge in [-0.25, -0.2) is 4.98 Å². The molecule has 21 heavy (non-hydrogen) atoms. The van der Waals surface area contributed by atoms with Crippen LogP contribution in [0.1, 0.15) is 18.4 Å². The highest BCUT2D eigenvalue weighted by molar-refractivity contribution is 5.73. The Morgan fingerprint density at radius 2 is 2.05 bits per heavy atom. The van der Waals surface area contributed by atoms with Gasteiger partial charge >= 0.3 is 0 Å². The number of pyridine rings is 1.